The van der Waals surface area contributed by atoms with E-state index in [0.29, 0.717) is 19.3 Å². The van der Waals surface area contributed by atoms with Crippen LogP contribution in [0.5, 0.6) is 0 Å². The standard InChI is InChI=1S/C72H112O6/c1-4-7-10-13-16-19-22-25-28-30-32-33-34-35-36-37-38-39-41-42-44-47-50-53-56-59-62-65-71(74)77-68-69(67-76-70(73)64-61-58-55-52-49-46-27-24-21-18-15-12-9-6-3)78-72(75)66-63-60-57-54-51-48-45-43-40-31-29-26-23-20-17-14-11-8-5-2/h7-8,10-11,15-20,24-29,32-33,35-36,38-40,42-44,48,51,69H,4-6,9,12-14,21-23,30-31,34,37,41,45-47,49-50,52-68H2,1-3H3/b10-7-,11-8-,18-15-,19-16-,20-17-,27-24-,28-25-,29-26-,33-32-,36-35-,39-38-,43-40-,44-42-,51-48-. The Kier molecular flexibility index (Phi) is 60.0. The minimum absolute atomic E-state index is 0.113. The Bertz CT molecular complexity index is 1810. The van der Waals surface area contributed by atoms with Gasteiger partial charge >= 0.3 is 17.9 Å². The van der Waals surface area contributed by atoms with Crippen molar-refractivity contribution in [1.82, 2.24) is 0 Å². The fourth-order valence-corrected chi connectivity index (χ4v) is 7.82. The molecule has 1 unspecified atom stereocenters. The zero-order valence-electron chi connectivity index (χ0n) is 49.9. The third kappa shape index (κ3) is 61.6. The molecule has 0 N–H and O–H groups in total. The summed E-state index contributed by atoms with van der Waals surface area (Å²) in [7, 11) is 0. The first-order chi connectivity index (χ1) is 38.5. The maximum atomic E-state index is 12.9. The maximum absolute atomic E-state index is 12.9. The van der Waals surface area contributed by atoms with Crippen LogP contribution in [0.15, 0.2) is 170 Å². The van der Waals surface area contributed by atoms with Crippen LogP contribution >= 0.6 is 0 Å². The third-order valence-electron chi connectivity index (χ3n) is 12.4. The Labute approximate surface area is 479 Å². The van der Waals surface area contributed by atoms with E-state index >= 15 is 0 Å². The average Bonchev–Trinajstić information content (AvgIpc) is 3.44. The van der Waals surface area contributed by atoms with Gasteiger partial charge in [-0.25, -0.2) is 0 Å². The van der Waals surface area contributed by atoms with Crippen molar-refractivity contribution in [3.63, 3.8) is 0 Å². The predicted molar refractivity (Wildman–Crippen MR) is 338 cm³/mol. The molecular weight excluding hydrogens is 961 g/mol. The molecule has 0 bridgehead atoms. The van der Waals surface area contributed by atoms with Gasteiger partial charge in [0.15, 0.2) is 6.10 Å². The van der Waals surface area contributed by atoms with E-state index in [1.165, 1.54) is 19.3 Å². The molecule has 0 fully saturated rings. The van der Waals surface area contributed by atoms with Gasteiger partial charge in [0.25, 0.3) is 0 Å². The summed E-state index contributed by atoms with van der Waals surface area (Å²) in [5, 5.41) is 0. The molecule has 6 nitrogen and oxygen atoms in total. The fourth-order valence-electron chi connectivity index (χ4n) is 7.82. The molecule has 1 atom stereocenters. The summed E-state index contributed by atoms with van der Waals surface area (Å²) in [5.74, 6) is -0.985. The topological polar surface area (TPSA) is 78.9 Å². The van der Waals surface area contributed by atoms with E-state index in [1.54, 1.807) is 0 Å². The van der Waals surface area contributed by atoms with Crippen molar-refractivity contribution in [1.29, 1.82) is 0 Å². The minimum atomic E-state index is -0.820. The zero-order valence-corrected chi connectivity index (χ0v) is 49.9. The molecule has 0 aromatic carbocycles. The van der Waals surface area contributed by atoms with Crippen molar-refractivity contribution in [2.24, 2.45) is 0 Å². The second-order valence-corrected chi connectivity index (χ2v) is 19.8. The molecule has 0 aromatic heterocycles. The molecule has 0 amide bonds. The number of hydrogen-bond donors (Lipinski definition) is 0. The maximum Gasteiger partial charge on any atom is 0.306 e. The van der Waals surface area contributed by atoms with Crippen LogP contribution < -0.4 is 0 Å². The first kappa shape index (κ1) is 72.8. The molecule has 0 radical (unpaired) electrons. The van der Waals surface area contributed by atoms with Crippen LogP contribution in [-0.2, 0) is 28.6 Å². The normalized spacial score (nSPS) is 13.3. The Hall–Kier alpha value is -5.23. The number of carbonyl (C=O) groups excluding carboxylic acids is 3. The molecule has 6 heteroatoms. The highest BCUT2D eigenvalue weighted by atomic mass is 16.6. The van der Waals surface area contributed by atoms with Gasteiger partial charge in [-0.15, -0.1) is 0 Å². The number of allylic oxidation sites excluding steroid dienone is 28. The van der Waals surface area contributed by atoms with Crippen LogP contribution in [0, 0.1) is 0 Å². The molecule has 0 spiro atoms. The van der Waals surface area contributed by atoms with E-state index in [4.69, 9.17) is 14.2 Å². The summed E-state index contributed by atoms with van der Waals surface area (Å²) in [6.45, 7) is 6.30. The van der Waals surface area contributed by atoms with Crippen molar-refractivity contribution < 1.29 is 28.6 Å². The number of esters is 3. The first-order valence-corrected chi connectivity index (χ1v) is 31.1. The third-order valence-corrected chi connectivity index (χ3v) is 12.4. The minimum Gasteiger partial charge on any atom is -0.462 e. The smallest absolute Gasteiger partial charge is 0.306 e. The fraction of sp³-hybridized carbons (Fsp3) is 0.569. The Morgan fingerprint density at radius 3 is 0.795 bits per heavy atom. The predicted octanol–water partition coefficient (Wildman–Crippen LogP) is 21.5. The highest BCUT2D eigenvalue weighted by molar-refractivity contribution is 5.71. The molecule has 0 saturated carbocycles. The number of hydrogen-bond acceptors (Lipinski definition) is 6. The van der Waals surface area contributed by atoms with Gasteiger partial charge in [-0.2, -0.15) is 0 Å². The monoisotopic (exact) mass is 1070 g/mol. The lowest BCUT2D eigenvalue weighted by atomic mass is 10.1. The SMILES string of the molecule is CC/C=C\C/C=C\C/C=C\C/C=C\C/C=C\C/C=C\C/C=C\CCCCCCCC(=O)OCC(COC(=O)CCCCCCC/C=C\C/C=C\CCCC)OC(=O)CCCCC/C=C\C/C=C\C/C=C\C/C=C\C/C=C\CC. The Balaban J connectivity index is 4.49. The Morgan fingerprint density at radius 2 is 0.500 bits per heavy atom. The van der Waals surface area contributed by atoms with Gasteiger partial charge in [0.2, 0.25) is 0 Å². The summed E-state index contributed by atoms with van der Waals surface area (Å²) >= 11 is 0. The summed E-state index contributed by atoms with van der Waals surface area (Å²) in [5.41, 5.74) is 0. The van der Waals surface area contributed by atoms with Gasteiger partial charge in [-0.05, 0) is 148 Å². The van der Waals surface area contributed by atoms with Crippen molar-refractivity contribution in [2.75, 3.05) is 13.2 Å². The molecule has 78 heavy (non-hydrogen) atoms. The molecule has 0 heterocycles. The average molecular weight is 1070 g/mol. The molecule has 0 aromatic rings. The van der Waals surface area contributed by atoms with Crippen LogP contribution in [-0.4, -0.2) is 37.2 Å². The highest BCUT2D eigenvalue weighted by Crippen LogP contribution is 2.13. The zero-order chi connectivity index (χ0) is 56.4. The molecule has 436 valence electrons. The lowest BCUT2D eigenvalue weighted by molar-refractivity contribution is -0.167. The summed E-state index contributed by atoms with van der Waals surface area (Å²) in [6.07, 6.45) is 94.9. The van der Waals surface area contributed by atoms with E-state index in [1.807, 2.05) is 0 Å². The van der Waals surface area contributed by atoms with E-state index in [-0.39, 0.29) is 37.5 Å². The van der Waals surface area contributed by atoms with Crippen molar-refractivity contribution in [3.05, 3.63) is 170 Å². The summed E-state index contributed by atoms with van der Waals surface area (Å²) in [4.78, 5) is 38.3. The van der Waals surface area contributed by atoms with Crippen LogP contribution in [0.2, 0.25) is 0 Å². The second kappa shape index (κ2) is 64.3. The van der Waals surface area contributed by atoms with Crippen LogP contribution in [0.1, 0.15) is 245 Å². The molecule has 0 rings (SSSR count). The number of unbranched alkanes of at least 4 members (excludes halogenated alkanes) is 15. The van der Waals surface area contributed by atoms with E-state index in [0.717, 1.165) is 180 Å². The van der Waals surface area contributed by atoms with Crippen molar-refractivity contribution >= 4 is 17.9 Å². The van der Waals surface area contributed by atoms with E-state index < -0.39 is 6.10 Å². The molecule has 0 aliphatic rings. The lowest BCUT2D eigenvalue weighted by Gasteiger charge is -2.18. The Morgan fingerprint density at radius 1 is 0.269 bits per heavy atom. The second-order valence-electron chi connectivity index (χ2n) is 19.8. The first-order valence-electron chi connectivity index (χ1n) is 31.1. The highest BCUT2D eigenvalue weighted by Gasteiger charge is 2.19. The molecule has 0 saturated heterocycles. The van der Waals surface area contributed by atoms with Gasteiger partial charge in [-0.1, -0.05) is 249 Å². The van der Waals surface area contributed by atoms with E-state index in [9.17, 15) is 14.4 Å². The lowest BCUT2D eigenvalue weighted by Crippen LogP contribution is -2.30. The van der Waals surface area contributed by atoms with Crippen LogP contribution in [0.4, 0.5) is 0 Å². The number of ether oxygens (including phenoxy) is 3. The van der Waals surface area contributed by atoms with Gasteiger partial charge in [-0.3, -0.25) is 14.4 Å². The van der Waals surface area contributed by atoms with E-state index in [2.05, 4.69) is 191 Å². The summed E-state index contributed by atoms with van der Waals surface area (Å²) < 4.78 is 16.8. The van der Waals surface area contributed by atoms with Gasteiger partial charge < -0.3 is 14.2 Å². The molecule has 0 aliphatic carbocycles. The summed E-state index contributed by atoms with van der Waals surface area (Å²) in [6, 6.07) is 0. The van der Waals surface area contributed by atoms with Crippen LogP contribution in [0.25, 0.3) is 0 Å². The van der Waals surface area contributed by atoms with Gasteiger partial charge in [0, 0.05) is 19.3 Å². The van der Waals surface area contributed by atoms with Crippen molar-refractivity contribution in [2.45, 2.75) is 252 Å². The molecular formula is C72H112O6. The molecule has 0 aliphatic heterocycles. The van der Waals surface area contributed by atoms with Gasteiger partial charge in [0.05, 0.1) is 0 Å². The van der Waals surface area contributed by atoms with Crippen LogP contribution in [0.3, 0.4) is 0 Å². The van der Waals surface area contributed by atoms with Gasteiger partial charge in [0.1, 0.15) is 13.2 Å². The van der Waals surface area contributed by atoms with Crippen molar-refractivity contribution in [3.8, 4) is 0 Å². The number of carbonyl (C=O) groups is 3. The number of rotatable bonds is 54. The largest absolute Gasteiger partial charge is 0.462 e. The quantitative estimate of drug-likeness (QED) is 0.0261.